The van der Waals surface area contributed by atoms with Gasteiger partial charge in [0, 0.05) is 5.66 Å². The molecular weight excluding hydrogens is 123 g/mol. The second-order valence-corrected chi connectivity index (χ2v) is 3.20. The molecule has 1 aliphatic rings. The van der Waals surface area contributed by atoms with Crippen LogP contribution < -0.4 is 0 Å². The molecule has 46 valence electrons. The number of allylic oxidation sites excluding steroid dienone is 2. The molecule has 0 saturated heterocycles. The van der Waals surface area contributed by atoms with Crippen molar-refractivity contribution >= 4 is 8.38 Å². The molecule has 0 aromatic carbocycles. The first-order chi connectivity index (χ1) is 3.80. The maximum Gasteiger partial charge on any atom is 0.172 e. The van der Waals surface area contributed by atoms with Crippen molar-refractivity contribution in [2.24, 2.45) is 0 Å². The molecule has 1 aliphatic carbocycles. The normalized spacial score (nSPS) is 27.6. The Morgan fingerprint density at radius 3 is 2.50 bits per heavy atom. The molecule has 0 amide bonds. The van der Waals surface area contributed by atoms with Gasteiger partial charge in [0.05, 0.1) is 0 Å². The summed E-state index contributed by atoms with van der Waals surface area (Å²) in [6.07, 6.45) is 5.79. The van der Waals surface area contributed by atoms with E-state index in [0.29, 0.717) is 0 Å². The van der Waals surface area contributed by atoms with Gasteiger partial charge in [0.15, 0.2) is 8.38 Å². The van der Waals surface area contributed by atoms with Gasteiger partial charge in [-0.05, 0) is 12.8 Å². The molecule has 0 fully saturated rings. The van der Waals surface area contributed by atoms with Crippen molar-refractivity contribution in [1.82, 2.24) is 0 Å². The van der Waals surface area contributed by atoms with Gasteiger partial charge >= 0.3 is 0 Å². The van der Waals surface area contributed by atoms with Crippen molar-refractivity contribution in [3.8, 4) is 0 Å². The third-order valence-corrected chi connectivity index (χ3v) is 2.31. The van der Waals surface area contributed by atoms with Crippen LogP contribution in [-0.4, -0.2) is 15.4 Å². The fraction of sp³-hybridized carbons (Fsp3) is 0.600. The summed E-state index contributed by atoms with van der Waals surface area (Å²) >= 11 is 0. The topological polar surface area (TPSA) is 40.5 Å². The molecule has 0 saturated carbocycles. The van der Waals surface area contributed by atoms with Gasteiger partial charge in [0.2, 0.25) is 0 Å². The summed E-state index contributed by atoms with van der Waals surface area (Å²) in [6, 6.07) is 0. The van der Waals surface area contributed by atoms with Crippen molar-refractivity contribution in [1.29, 1.82) is 0 Å². The van der Waals surface area contributed by atoms with Crippen molar-refractivity contribution < 1.29 is 9.79 Å². The van der Waals surface area contributed by atoms with E-state index in [4.69, 9.17) is 9.79 Å². The van der Waals surface area contributed by atoms with Gasteiger partial charge in [0.1, 0.15) is 0 Å². The van der Waals surface area contributed by atoms with Gasteiger partial charge in [-0.25, -0.2) is 0 Å². The minimum absolute atomic E-state index is 0.0602. The van der Waals surface area contributed by atoms with Gasteiger partial charge in [-0.15, -0.1) is 0 Å². The molecule has 0 unspecified atom stereocenters. The van der Waals surface area contributed by atoms with Crippen LogP contribution in [0.4, 0.5) is 0 Å². The third kappa shape index (κ3) is 1.28. The van der Waals surface area contributed by atoms with Gasteiger partial charge in [0.25, 0.3) is 0 Å². The number of hydrogen-bond donors (Lipinski definition) is 2. The van der Waals surface area contributed by atoms with Gasteiger partial charge in [-0.3, -0.25) is 0 Å². The molecule has 1 atom stereocenters. The van der Waals surface area contributed by atoms with Crippen LogP contribution in [-0.2, 0) is 0 Å². The van der Waals surface area contributed by atoms with E-state index in [2.05, 4.69) is 0 Å². The highest BCUT2D eigenvalue weighted by atomic mass is 31.2. The van der Waals surface area contributed by atoms with Crippen LogP contribution in [0.2, 0.25) is 0 Å². The lowest BCUT2D eigenvalue weighted by atomic mass is 10.4. The van der Waals surface area contributed by atoms with Crippen molar-refractivity contribution in [3.63, 3.8) is 0 Å². The van der Waals surface area contributed by atoms with E-state index in [0.717, 1.165) is 12.8 Å². The second kappa shape index (κ2) is 2.58. The van der Waals surface area contributed by atoms with Gasteiger partial charge in [-0.1, -0.05) is 12.2 Å². The van der Waals surface area contributed by atoms with Crippen LogP contribution in [0.3, 0.4) is 0 Å². The predicted molar refractivity (Wildman–Crippen MR) is 33.5 cm³/mol. The fourth-order valence-corrected chi connectivity index (χ4v) is 1.46. The monoisotopic (exact) mass is 132 g/mol. The molecule has 1 rings (SSSR count). The van der Waals surface area contributed by atoms with E-state index in [1.807, 2.05) is 12.2 Å². The predicted octanol–water partition coefficient (Wildman–Crippen LogP) is 1.00. The Labute approximate surface area is 49.8 Å². The van der Waals surface area contributed by atoms with Crippen LogP contribution in [0.5, 0.6) is 0 Å². The van der Waals surface area contributed by atoms with Crippen LogP contribution in [0.15, 0.2) is 12.2 Å². The highest BCUT2D eigenvalue weighted by Crippen LogP contribution is 2.37. The van der Waals surface area contributed by atoms with Gasteiger partial charge in [-0.2, -0.15) is 0 Å². The Balaban J connectivity index is 2.36. The molecule has 0 radical (unpaired) electrons. The van der Waals surface area contributed by atoms with E-state index in [1.54, 1.807) is 0 Å². The first-order valence-corrected chi connectivity index (χ1v) is 3.96. The molecule has 2 N–H and O–H groups in total. The molecule has 0 spiro atoms. The van der Waals surface area contributed by atoms with Crippen LogP contribution in [0.1, 0.15) is 12.8 Å². The van der Waals surface area contributed by atoms with Gasteiger partial charge < -0.3 is 9.79 Å². The molecule has 0 aromatic rings. The Hall–Kier alpha value is 0.0900. The lowest BCUT2D eigenvalue weighted by Gasteiger charge is -2.06. The molecule has 0 aromatic heterocycles. The van der Waals surface area contributed by atoms with Crippen molar-refractivity contribution in [3.05, 3.63) is 12.2 Å². The molecule has 0 aliphatic heterocycles. The van der Waals surface area contributed by atoms with Crippen molar-refractivity contribution in [2.45, 2.75) is 18.5 Å². The van der Waals surface area contributed by atoms with Crippen LogP contribution in [0.25, 0.3) is 0 Å². The average Bonchev–Trinajstić information content (AvgIpc) is 2.12. The maximum absolute atomic E-state index is 8.62. The lowest BCUT2D eigenvalue weighted by molar-refractivity contribution is 0.472. The summed E-state index contributed by atoms with van der Waals surface area (Å²) in [4.78, 5) is 17.2. The van der Waals surface area contributed by atoms with Crippen LogP contribution >= 0.6 is 8.38 Å². The Kier molecular flexibility index (Phi) is 2.01. The zero-order valence-corrected chi connectivity index (χ0v) is 5.38. The quantitative estimate of drug-likeness (QED) is 0.412. The highest BCUT2D eigenvalue weighted by Gasteiger charge is 2.16. The Bertz CT molecular complexity index is 101. The SMILES string of the molecule is OP(O)[C@H]1C=CCC1. The smallest absolute Gasteiger partial charge is 0.172 e. The minimum atomic E-state index is -1.69. The summed E-state index contributed by atoms with van der Waals surface area (Å²) in [5.74, 6) is 0. The summed E-state index contributed by atoms with van der Waals surface area (Å²) in [5.41, 5.74) is 0.0602. The fourth-order valence-electron chi connectivity index (χ4n) is 0.809. The van der Waals surface area contributed by atoms with E-state index >= 15 is 0 Å². The largest absolute Gasteiger partial charge is 0.350 e. The zero-order chi connectivity index (χ0) is 5.98. The molecule has 2 nitrogen and oxygen atoms in total. The summed E-state index contributed by atoms with van der Waals surface area (Å²) in [6.45, 7) is 0. The van der Waals surface area contributed by atoms with Crippen LogP contribution in [0, 0.1) is 0 Å². The Morgan fingerprint density at radius 1 is 1.50 bits per heavy atom. The lowest BCUT2D eigenvalue weighted by Crippen LogP contribution is -1.94. The summed E-state index contributed by atoms with van der Waals surface area (Å²) in [5, 5.41) is 0. The number of rotatable bonds is 1. The highest BCUT2D eigenvalue weighted by molar-refractivity contribution is 7.46. The molecule has 8 heavy (non-hydrogen) atoms. The maximum atomic E-state index is 8.62. The summed E-state index contributed by atoms with van der Waals surface area (Å²) < 4.78 is 0. The third-order valence-electron chi connectivity index (χ3n) is 1.28. The number of hydrogen-bond acceptors (Lipinski definition) is 2. The Morgan fingerprint density at radius 2 is 2.25 bits per heavy atom. The molecular formula is C5H9O2P. The molecule has 3 heteroatoms. The van der Waals surface area contributed by atoms with E-state index in [9.17, 15) is 0 Å². The zero-order valence-electron chi connectivity index (χ0n) is 4.49. The van der Waals surface area contributed by atoms with E-state index in [1.165, 1.54) is 0 Å². The summed E-state index contributed by atoms with van der Waals surface area (Å²) in [7, 11) is -1.69. The molecule has 0 bridgehead atoms. The first-order valence-electron chi connectivity index (χ1n) is 2.64. The average molecular weight is 132 g/mol. The standard InChI is InChI=1S/C5H9O2P/c6-8(7)5-3-1-2-4-5/h1,3,5-7H,2,4H2/t5-/m0/s1. The van der Waals surface area contributed by atoms with E-state index in [-0.39, 0.29) is 5.66 Å². The first kappa shape index (κ1) is 6.21. The van der Waals surface area contributed by atoms with Crippen molar-refractivity contribution in [2.75, 3.05) is 0 Å². The van der Waals surface area contributed by atoms with E-state index < -0.39 is 8.38 Å². The second-order valence-electron chi connectivity index (χ2n) is 1.89. The minimum Gasteiger partial charge on any atom is -0.350 e. The molecule has 0 heterocycles.